The summed E-state index contributed by atoms with van der Waals surface area (Å²) in [6.07, 6.45) is 3.66. The summed E-state index contributed by atoms with van der Waals surface area (Å²) in [6.45, 7) is 6.99. The zero-order valence-electron chi connectivity index (χ0n) is 18.7. The number of Topliss-reactive ketones (excluding diaryl/α,β-unsaturated/α-hetero) is 1. The average molecular weight is 424 g/mol. The Balaban J connectivity index is 1.76. The third-order valence-electron chi connectivity index (χ3n) is 6.49. The van der Waals surface area contributed by atoms with Crippen LogP contribution in [0.3, 0.4) is 0 Å². The Morgan fingerprint density at radius 2 is 1.97 bits per heavy atom. The van der Waals surface area contributed by atoms with Gasteiger partial charge in [0.2, 0.25) is 5.91 Å². The highest BCUT2D eigenvalue weighted by atomic mass is 16.2. The Morgan fingerprint density at radius 3 is 2.58 bits per heavy atom. The number of rotatable bonds is 9. The largest absolute Gasteiger partial charge is 0.384 e. The summed E-state index contributed by atoms with van der Waals surface area (Å²) >= 11 is 0. The number of aryl methyl sites for hydroxylation is 2. The van der Waals surface area contributed by atoms with Gasteiger partial charge in [0.1, 0.15) is 5.84 Å². The highest BCUT2D eigenvalue weighted by Crippen LogP contribution is 2.26. The monoisotopic (exact) mass is 423 g/mol. The molecular formula is C24H33N5O2. The molecule has 1 saturated heterocycles. The topological polar surface area (TPSA) is 116 Å². The predicted molar refractivity (Wildman–Crippen MR) is 124 cm³/mol. The van der Waals surface area contributed by atoms with Crippen molar-refractivity contribution >= 4 is 34.1 Å². The normalized spacial score (nSPS) is 17.1. The van der Waals surface area contributed by atoms with E-state index in [2.05, 4.69) is 17.6 Å². The van der Waals surface area contributed by atoms with Gasteiger partial charge in [0.25, 0.3) is 0 Å². The van der Waals surface area contributed by atoms with Crippen LogP contribution in [0.15, 0.2) is 24.3 Å². The van der Waals surface area contributed by atoms with Crippen molar-refractivity contribution in [3.05, 3.63) is 35.5 Å². The van der Waals surface area contributed by atoms with Crippen molar-refractivity contribution in [2.75, 3.05) is 6.54 Å². The molecule has 0 unspecified atom stereocenters. The van der Waals surface area contributed by atoms with E-state index >= 15 is 0 Å². The molecule has 1 aromatic heterocycles. The minimum absolute atomic E-state index is 0.0526. The Labute approximate surface area is 183 Å². The van der Waals surface area contributed by atoms with E-state index < -0.39 is 6.04 Å². The summed E-state index contributed by atoms with van der Waals surface area (Å²) in [7, 11) is 0. The summed E-state index contributed by atoms with van der Waals surface area (Å²) in [5, 5.41) is 17.4. The lowest BCUT2D eigenvalue weighted by Gasteiger charge is -2.24. The zero-order valence-corrected chi connectivity index (χ0v) is 18.7. The first kappa shape index (κ1) is 22.7. The Bertz CT molecular complexity index is 1020. The van der Waals surface area contributed by atoms with Crippen LogP contribution in [-0.4, -0.2) is 45.3 Å². The molecule has 2 atom stereocenters. The molecule has 0 bridgehead atoms. The zero-order chi connectivity index (χ0) is 22.7. The SMILES string of the molecule is CC[C@@H](CCc1cc2ccc(C(=N)N)cc2n1CC)C(=N)C(=O)[C@H]1CCCN1C(C)=O. The van der Waals surface area contributed by atoms with Crippen LogP contribution in [0.25, 0.3) is 10.9 Å². The molecule has 2 aromatic rings. The van der Waals surface area contributed by atoms with E-state index in [-0.39, 0.29) is 29.2 Å². The lowest BCUT2D eigenvalue weighted by Crippen LogP contribution is -2.43. The smallest absolute Gasteiger partial charge is 0.220 e. The number of nitrogens with one attached hydrogen (secondary N) is 2. The van der Waals surface area contributed by atoms with Gasteiger partial charge in [0.05, 0.1) is 11.8 Å². The van der Waals surface area contributed by atoms with Crippen molar-refractivity contribution in [3.8, 4) is 0 Å². The number of amides is 1. The summed E-state index contributed by atoms with van der Waals surface area (Å²) < 4.78 is 2.22. The van der Waals surface area contributed by atoms with E-state index in [4.69, 9.17) is 16.6 Å². The second-order valence-corrected chi connectivity index (χ2v) is 8.36. The van der Waals surface area contributed by atoms with Gasteiger partial charge in [-0.05, 0) is 56.5 Å². The average Bonchev–Trinajstić information content (AvgIpc) is 3.37. The van der Waals surface area contributed by atoms with E-state index in [1.54, 1.807) is 4.90 Å². The third kappa shape index (κ3) is 4.55. The van der Waals surface area contributed by atoms with Gasteiger partial charge in [-0.2, -0.15) is 0 Å². The van der Waals surface area contributed by atoms with Crippen molar-refractivity contribution < 1.29 is 9.59 Å². The standard InChI is InChI=1S/C24H33N5O2/c1-4-16(22(25)23(31)20-7-6-12-29(20)15(3)30)10-11-19-13-17-8-9-18(24(26)27)14-21(17)28(19)5-2/h8-9,13-14,16,20,25H,4-7,10-12H2,1-3H3,(H3,26,27)/t16-,20+/m0/s1. The maximum atomic E-state index is 13.0. The first-order chi connectivity index (χ1) is 14.8. The van der Waals surface area contributed by atoms with Crippen LogP contribution in [0.1, 0.15) is 57.7 Å². The number of aromatic nitrogens is 1. The van der Waals surface area contributed by atoms with Gasteiger partial charge in [-0.15, -0.1) is 0 Å². The molecule has 31 heavy (non-hydrogen) atoms. The van der Waals surface area contributed by atoms with Crippen molar-refractivity contribution in [1.82, 2.24) is 9.47 Å². The van der Waals surface area contributed by atoms with E-state index in [0.717, 1.165) is 42.4 Å². The number of nitrogen functional groups attached to an aromatic ring is 1. The Hall–Kier alpha value is -2.96. The van der Waals surface area contributed by atoms with Gasteiger partial charge in [0.15, 0.2) is 5.78 Å². The molecule has 4 N–H and O–H groups in total. The van der Waals surface area contributed by atoms with E-state index in [1.165, 1.54) is 6.92 Å². The lowest BCUT2D eigenvalue weighted by atomic mass is 9.89. The molecule has 2 heterocycles. The molecule has 0 saturated carbocycles. The maximum Gasteiger partial charge on any atom is 0.220 e. The maximum absolute atomic E-state index is 13.0. The van der Waals surface area contributed by atoms with Crippen LogP contribution in [0, 0.1) is 16.7 Å². The van der Waals surface area contributed by atoms with E-state index in [0.29, 0.717) is 24.9 Å². The molecule has 1 aliphatic heterocycles. The van der Waals surface area contributed by atoms with Gasteiger partial charge in [-0.25, -0.2) is 0 Å². The number of carbonyl (C=O) groups excluding carboxylic acids is 2. The lowest BCUT2D eigenvalue weighted by molar-refractivity contribution is -0.133. The van der Waals surface area contributed by atoms with Gasteiger partial charge >= 0.3 is 0 Å². The number of benzene rings is 1. The Kier molecular flexibility index (Phi) is 6.93. The van der Waals surface area contributed by atoms with Crippen molar-refractivity contribution in [2.24, 2.45) is 11.7 Å². The second-order valence-electron chi connectivity index (χ2n) is 8.36. The van der Waals surface area contributed by atoms with Crippen LogP contribution < -0.4 is 5.73 Å². The van der Waals surface area contributed by atoms with E-state index in [1.807, 2.05) is 25.1 Å². The highest BCUT2D eigenvalue weighted by molar-refractivity contribution is 6.41. The number of carbonyl (C=O) groups is 2. The van der Waals surface area contributed by atoms with Crippen LogP contribution in [0.5, 0.6) is 0 Å². The van der Waals surface area contributed by atoms with Gasteiger partial charge < -0.3 is 20.6 Å². The summed E-state index contributed by atoms with van der Waals surface area (Å²) in [5.41, 5.74) is 8.72. The fourth-order valence-electron chi connectivity index (χ4n) is 4.73. The molecule has 3 rings (SSSR count). The molecule has 0 radical (unpaired) electrons. The Morgan fingerprint density at radius 1 is 1.23 bits per heavy atom. The molecule has 7 heteroatoms. The number of likely N-dealkylation sites (tertiary alicyclic amines) is 1. The fourth-order valence-corrected chi connectivity index (χ4v) is 4.73. The van der Waals surface area contributed by atoms with Crippen LogP contribution >= 0.6 is 0 Å². The highest BCUT2D eigenvalue weighted by Gasteiger charge is 2.35. The quantitative estimate of drug-likeness (QED) is 0.423. The van der Waals surface area contributed by atoms with E-state index in [9.17, 15) is 9.59 Å². The number of hydrogen-bond acceptors (Lipinski definition) is 4. The van der Waals surface area contributed by atoms with Crippen LogP contribution in [-0.2, 0) is 22.6 Å². The molecular weight excluding hydrogens is 390 g/mol. The fraction of sp³-hybridized carbons (Fsp3) is 0.500. The molecule has 1 fully saturated rings. The number of amidine groups is 1. The summed E-state index contributed by atoms with van der Waals surface area (Å²) in [5.74, 6) is -0.356. The molecule has 1 amide bonds. The predicted octanol–water partition coefficient (Wildman–Crippen LogP) is 3.50. The molecule has 0 spiro atoms. The number of fused-ring (bicyclic) bond motifs is 1. The first-order valence-corrected chi connectivity index (χ1v) is 11.1. The van der Waals surface area contributed by atoms with Crippen molar-refractivity contribution in [3.63, 3.8) is 0 Å². The number of hydrogen-bond donors (Lipinski definition) is 3. The minimum Gasteiger partial charge on any atom is -0.384 e. The molecule has 0 aliphatic carbocycles. The number of nitrogens with zero attached hydrogens (tertiary/aromatic N) is 2. The molecule has 166 valence electrons. The third-order valence-corrected chi connectivity index (χ3v) is 6.49. The van der Waals surface area contributed by atoms with Crippen molar-refractivity contribution in [2.45, 2.75) is 65.5 Å². The second kappa shape index (κ2) is 9.45. The number of ketones is 1. The minimum atomic E-state index is -0.467. The molecule has 1 aliphatic rings. The first-order valence-electron chi connectivity index (χ1n) is 11.1. The number of nitrogens with two attached hydrogens (primary N) is 1. The van der Waals surface area contributed by atoms with Crippen LogP contribution in [0.4, 0.5) is 0 Å². The molecule has 7 nitrogen and oxygen atoms in total. The van der Waals surface area contributed by atoms with Gasteiger partial charge in [0, 0.05) is 42.7 Å². The molecule has 1 aromatic carbocycles. The summed E-state index contributed by atoms with van der Waals surface area (Å²) in [4.78, 5) is 26.4. The summed E-state index contributed by atoms with van der Waals surface area (Å²) in [6, 6.07) is 7.48. The van der Waals surface area contributed by atoms with Crippen molar-refractivity contribution in [1.29, 1.82) is 10.8 Å². The van der Waals surface area contributed by atoms with Gasteiger partial charge in [-0.1, -0.05) is 19.1 Å². The van der Waals surface area contributed by atoms with Gasteiger partial charge in [-0.3, -0.25) is 15.0 Å². The van der Waals surface area contributed by atoms with Crippen LogP contribution in [0.2, 0.25) is 0 Å².